The van der Waals surface area contributed by atoms with E-state index in [1.807, 2.05) is 24.3 Å². The van der Waals surface area contributed by atoms with Gasteiger partial charge in [0, 0.05) is 17.3 Å². The minimum Gasteiger partial charge on any atom is -0.496 e. The topological polar surface area (TPSA) is 55.8 Å². The van der Waals surface area contributed by atoms with Gasteiger partial charge >= 0.3 is 5.97 Å². The molecule has 0 aliphatic rings. The van der Waals surface area contributed by atoms with Crippen LogP contribution < -0.4 is 4.74 Å². The van der Waals surface area contributed by atoms with Crippen LogP contribution in [0.4, 0.5) is 0 Å². The monoisotopic (exact) mass is 270 g/mol. The van der Waals surface area contributed by atoms with Crippen LogP contribution >= 0.6 is 11.8 Å². The molecule has 4 nitrogen and oxygen atoms in total. The van der Waals surface area contributed by atoms with Gasteiger partial charge in [-0.2, -0.15) is 0 Å². The first-order chi connectivity index (χ1) is 8.69. The van der Waals surface area contributed by atoms with E-state index in [2.05, 4.69) is 0 Å². The van der Waals surface area contributed by atoms with Gasteiger partial charge in [0.05, 0.1) is 7.11 Å². The fraction of sp³-hybridized carbons (Fsp3) is 0.462. The summed E-state index contributed by atoms with van der Waals surface area (Å²) in [4.78, 5) is 11.9. The van der Waals surface area contributed by atoms with Crippen LogP contribution in [-0.4, -0.2) is 36.6 Å². The van der Waals surface area contributed by atoms with Crippen molar-refractivity contribution in [1.82, 2.24) is 0 Å². The van der Waals surface area contributed by atoms with Crippen LogP contribution in [0.5, 0.6) is 5.75 Å². The number of carbonyl (C=O) groups is 1. The van der Waals surface area contributed by atoms with E-state index in [0.29, 0.717) is 18.8 Å². The molecule has 0 aromatic heterocycles. The Morgan fingerprint density at radius 2 is 2.17 bits per heavy atom. The summed E-state index contributed by atoms with van der Waals surface area (Å²) in [5.41, 5.74) is 0. The number of rotatable bonds is 8. The largest absolute Gasteiger partial charge is 0.496 e. The summed E-state index contributed by atoms with van der Waals surface area (Å²) in [6.07, 6.45) is -0.247. The van der Waals surface area contributed by atoms with Gasteiger partial charge in [-0.1, -0.05) is 12.1 Å². The number of hydrogen-bond acceptors (Lipinski definition) is 4. The second kappa shape index (κ2) is 8.00. The van der Waals surface area contributed by atoms with Gasteiger partial charge < -0.3 is 14.6 Å². The molecule has 1 aromatic rings. The lowest BCUT2D eigenvalue weighted by atomic mass is 10.3. The average molecular weight is 270 g/mol. The van der Waals surface area contributed by atoms with Gasteiger partial charge in [0.25, 0.3) is 0 Å². The summed E-state index contributed by atoms with van der Waals surface area (Å²) >= 11 is 1.57. The molecule has 1 atom stereocenters. The average Bonchev–Trinajstić information content (AvgIpc) is 2.38. The van der Waals surface area contributed by atoms with Crippen molar-refractivity contribution in [2.75, 3.05) is 19.5 Å². The molecule has 1 aromatic carbocycles. The summed E-state index contributed by atoms with van der Waals surface area (Å²) in [6.45, 7) is 2.21. The molecule has 0 bridgehead atoms. The smallest absolute Gasteiger partial charge is 0.332 e. The molecule has 0 aliphatic carbocycles. The number of carboxylic acid groups (broad SMARTS) is 1. The molecule has 0 spiro atoms. The van der Waals surface area contributed by atoms with Gasteiger partial charge in [0.2, 0.25) is 0 Å². The van der Waals surface area contributed by atoms with Crippen molar-refractivity contribution in [1.29, 1.82) is 0 Å². The van der Waals surface area contributed by atoms with E-state index in [-0.39, 0.29) is 0 Å². The van der Waals surface area contributed by atoms with Gasteiger partial charge in [-0.15, -0.1) is 11.8 Å². The fourth-order valence-corrected chi connectivity index (χ4v) is 2.51. The van der Waals surface area contributed by atoms with Gasteiger partial charge in [-0.25, -0.2) is 4.79 Å². The minimum absolute atomic E-state index is 0.413. The Morgan fingerprint density at radius 1 is 1.44 bits per heavy atom. The zero-order valence-electron chi connectivity index (χ0n) is 10.6. The Morgan fingerprint density at radius 3 is 2.78 bits per heavy atom. The van der Waals surface area contributed by atoms with Gasteiger partial charge in [-0.05, 0) is 25.5 Å². The van der Waals surface area contributed by atoms with Crippen LogP contribution in [0.15, 0.2) is 29.2 Å². The zero-order valence-corrected chi connectivity index (χ0v) is 11.4. The van der Waals surface area contributed by atoms with Crippen molar-refractivity contribution < 1.29 is 19.4 Å². The van der Waals surface area contributed by atoms with Gasteiger partial charge in [0.15, 0.2) is 6.10 Å². The Bertz CT molecular complexity index is 381. The number of hydrogen-bond donors (Lipinski definition) is 1. The Hall–Kier alpha value is -1.20. The minimum atomic E-state index is -0.905. The first-order valence-electron chi connectivity index (χ1n) is 5.79. The Labute approximate surface area is 111 Å². The fourth-order valence-electron chi connectivity index (χ4n) is 1.49. The van der Waals surface area contributed by atoms with Crippen molar-refractivity contribution in [3.05, 3.63) is 24.3 Å². The molecule has 18 heavy (non-hydrogen) atoms. The molecule has 0 amide bonds. The molecule has 5 heteroatoms. The highest BCUT2D eigenvalue weighted by Crippen LogP contribution is 2.29. The molecular weight excluding hydrogens is 252 g/mol. The molecule has 0 heterocycles. The number of ether oxygens (including phenoxy) is 2. The third-order valence-corrected chi connectivity index (χ3v) is 3.44. The Balaban J connectivity index is 2.47. The molecule has 0 saturated carbocycles. The molecule has 0 aliphatic heterocycles. The maximum absolute atomic E-state index is 10.9. The number of thioether (sulfide) groups is 1. The second-order valence-electron chi connectivity index (χ2n) is 3.57. The van der Waals surface area contributed by atoms with Crippen LogP contribution in [0.1, 0.15) is 13.3 Å². The lowest BCUT2D eigenvalue weighted by Gasteiger charge is -2.12. The zero-order chi connectivity index (χ0) is 13.4. The molecule has 1 unspecified atom stereocenters. The maximum Gasteiger partial charge on any atom is 0.332 e. The molecule has 0 radical (unpaired) electrons. The van der Waals surface area contributed by atoms with Crippen LogP contribution in [-0.2, 0) is 9.53 Å². The summed E-state index contributed by atoms with van der Waals surface area (Å²) in [5.74, 6) is 0.584. The molecular formula is C13H18O4S. The molecule has 100 valence electrons. The quantitative estimate of drug-likeness (QED) is 0.736. The summed E-state index contributed by atoms with van der Waals surface area (Å²) in [7, 11) is 1.62. The predicted octanol–water partition coefficient (Wildman–Crippen LogP) is 2.67. The second-order valence-corrected chi connectivity index (χ2v) is 4.71. The van der Waals surface area contributed by atoms with E-state index in [0.717, 1.165) is 10.6 Å². The van der Waals surface area contributed by atoms with Gasteiger partial charge in [0.1, 0.15) is 5.75 Å². The third kappa shape index (κ3) is 4.58. The highest BCUT2D eigenvalue weighted by molar-refractivity contribution is 7.99. The van der Waals surface area contributed by atoms with Crippen LogP contribution in [0, 0.1) is 0 Å². The number of benzene rings is 1. The lowest BCUT2D eigenvalue weighted by Crippen LogP contribution is -2.24. The number of aliphatic carboxylic acids is 1. The standard InChI is InChI=1S/C13H18O4S/c1-3-17-11(13(14)15)8-9-18-12-7-5-4-6-10(12)16-2/h4-7,11H,3,8-9H2,1-2H3,(H,14,15). The van der Waals surface area contributed by atoms with Crippen LogP contribution in [0.25, 0.3) is 0 Å². The van der Waals surface area contributed by atoms with Crippen LogP contribution in [0.2, 0.25) is 0 Å². The highest BCUT2D eigenvalue weighted by Gasteiger charge is 2.17. The van der Waals surface area contributed by atoms with E-state index in [1.54, 1.807) is 25.8 Å². The molecule has 0 saturated heterocycles. The number of carboxylic acids is 1. The number of methoxy groups -OCH3 is 1. The number of para-hydroxylation sites is 1. The van der Waals surface area contributed by atoms with Crippen molar-refractivity contribution in [3.63, 3.8) is 0 Å². The normalized spacial score (nSPS) is 12.1. The SMILES string of the molecule is CCOC(CCSc1ccccc1OC)C(=O)O. The van der Waals surface area contributed by atoms with Crippen molar-refractivity contribution in [3.8, 4) is 5.75 Å². The van der Waals surface area contributed by atoms with E-state index >= 15 is 0 Å². The van der Waals surface area contributed by atoms with Crippen LogP contribution in [0.3, 0.4) is 0 Å². The van der Waals surface area contributed by atoms with E-state index in [9.17, 15) is 4.79 Å². The first-order valence-corrected chi connectivity index (χ1v) is 6.77. The van der Waals surface area contributed by atoms with Gasteiger partial charge in [-0.3, -0.25) is 0 Å². The van der Waals surface area contributed by atoms with Crippen molar-refractivity contribution >= 4 is 17.7 Å². The van der Waals surface area contributed by atoms with E-state index in [1.165, 1.54) is 0 Å². The Kier molecular flexibility index (Phi) is 6.60. The highest BCUT2D eigenvalue weighted by atomic mass is 32.2. The molecule has 1 rings (SSSR count). The summed E-state index contributed by atoms with van der Waals surface area (Å²) < 4.78 is 10.4. The van der Waals surface area contributed by atoms with Crippen molar-refractivity contribution in [2.24, 2.45) is 0 Å². The van der Waals surface area contributed by atoms with E-state index < -0.39 is 12.1 Å². The summed E-state index contributed by atoms with van der Waals surface area (Å²) in [6, 6.07) is 7.69. The van der Waals surface area contributed by atoms with E-state index in [4.69, 9.17) is 14.6 Å². The molecule has 0 fully saturated rings. The predicted molar refractivity (Wildman–Crippen MR) is 71.4 cm³/mol. The van der Waals surface area contributed by atoms with Crippen molar-refractivity contribution in [2.45, 2.75) is 24.3 Å². The third-order valence-electron chi connectivity index (χ3n) is 2.35. The summed E-state index contributed by atoms with van der Waals surface area (Å²) in [5, 5.41) is 8.94. The lowest BCUT2D eigenvalue weighted by molar-refractivity contribution is -0.150. The molecule has 1 N–H and O–H groups in total. The maximum atomic E-state index is 10.9. The first kappa shape index (κ1) is 14.9.